The van der Waals surface area contributed by atoms with Gasteiger partial charge in [0.1, 0.15) is 18.0 Å². The van der Waals surface area contributed by atoms with Crippen molar-refractivity contribution in [1.29, 1.82) is 0 Å². The van der Waals surface area contributed by atoms with Gasteiger partial charge in [-0.15, -0.1) is 0 Å². The molecule has 3 aromatic rings. The predicted octanol–water partition coefficient (Wildman–Crippen LogP) is 6.70. The monoisotopic (exact) mass is 435 g/mol. The van der Waals surface area contributed by atoms with Gasteiger partial charge in [0.25, 0.3) is 0 Å². The zero-order valence-electron chi connectivity index (χ0n) is 19.6. The molecule has 0 heterocycles. The summed E-state index contributed by atoms with van der Waals surface area (Å²) in [5, 5.41) is 14.2. The smallest absolute Gasteiger partial charge is 0.205 e. The SMILES string of the molecule is CCC(O)(c1cccc(OCc2ccc3ccccc3c2)c1)C(O[Si](C)C)C(C)(C)C. The van der Waals surface area contributed by atoms with Gasteiger partial charge in [-0.1, -0.05) is 76.2 Å². The first-order chi connectivity index (χ1) is 14.6. The van der Waals surface area contributed by atoms with Crippen molar-refractivity contribution in [3.05, 3.63) is 77.9 Å². The zero-order chi connectivity index (χ0) is 22.6. The Labute approximate surface area is 188 Å². The maximum atomic E-state index is 11.8. The van der Waals surface area contributed by atoms with Crippen molar-refractivity contribution >= 4 is 19.8 Å². The van der Waals surface area contributed by atoms with Crippen molar-refractivity contribution in [2.45, 2.75) is 65.5 Å². The molecule has 2 unspecified atom stereocenters. The minimum Gasteiger partial charge on any atom is -0.489 e. The fourth-order valence-electron chi connectivity index (χ4n) is 4.12. The topological polar surface area (TPSA) is 38.7 Å². The van der Waals surface area contributed by atoms with Gasteiger partial charge in [-0.2, -0.15) is 0 Å². The Balaban J connectivity index is 1.84. The van der Waals surface area contributed by atoms with Gasteiger partial charge in [0.2, 0.25) is 9.04 Å². The highest BCUT2D eigenvalue weighted by atomic mass is 28.3. The number of aliphatic hydroxyl groups is 1. The maximum Gasteiger partial charge on any atom is 0.205 e. The molecule has 0 fully saturated rings. The van der Waals surface area contributed by atoms with Gasteiger partial charge >= 0.3 is 0 Å². The molecule has 3 nitrogen and oxygen atoms in total. The second-order valence-corrected chi connectivity index (χ2v) is 11.6. The Morgan fingerprint density at radius 1 is 0.903 bits per heavy atom. The summed E-state index contributed by atoms with van der Waals surface area (Å²) in [4.78, 5) is 0. The predicted molar refractivity (Wildman–Crippen MR) is 131 cm³/mol. The Morgan fingerprint density at radius 3 is 2.26 bits per heavy atom. The van der Waals surface area contributed by atoms with Gasteiger partial charge in [0.15, 0.2) is 0 Å². The van der Waals surface area contributed by atoms with E-state index in [1.807, 2.05) is 31.2 Å². The molecular formula is C27H35O3Si. The van der Waals surface area contributed by atoms with Gasteiger partial charge in [0.05, 0.1) is 6.10 Å². The first kappa shape index (κ1) is 23.5. The summed E-state index contributed by atoms with van der Waals surface area (Å²) >= 11 is 0. The first-order valence-electron chi connectivity index (χ1n) is 11.0. The molecule has 0 spiro atoms. The molecular weight excluding hydrogens is 400 g/mol. The fourth-order valence-corrected chi connectivity index (χ4v) is 5.14. The lowest BCUT2D eigenvalue weighted by atomic mass is 9.74. The van der Waals surface area contributed by atoms with Gasteiger partial charge in [-0.3, -0.25) is 0 Å². The molecule has 0 bridgehead atoms. The van der Waals surface area contributed by atoms with Crippen molar-refractivity contribution in [3.63, 3.8) is 0 Å². The molecule has 0 saturated heterocycles. The van der Waals surface area contributed by atoms with E-state index in [2.05, 4.69) is 76.3 Å². The van der Waals surface area contributed by atoms with Crippen LogP contribution in [0, 0.1) is 5.41 Å². The Morgan fingerprint density at radius 2 is 1.61 bits per heavy atom. The van der Waals surface area contributed by atoms with E-state index >= 15 is 0 Å². The summed E-state index contributed by atoms with van der Waals surface area (Å²) < 4.78 is 12.5. The lowest BCUT2D eigenvalue weighted by Gasteiger charge is -2.44. The average Bonchev–Trinajstić information content (AvgIpc) is 2.74. The third kappa shape index (κ3) is 5.56. The van der Waals surface area contributed by atoms with Crippen LogP contribution in [-0.4, -0.2) is 20.3 Å². The summed E-state index contributed by atoms with van der Waals surface area (Å²) in [6.07, 6.45) is 0.266. The fraction of sp³-hybridized carbons (Fsp3) is 0.407. The largest absolute Gasteiger partial charge is 0.489 e. The van der Waals surface area contributed by atoms with Crippen LogP contribution in [0.1, 0.15) is 45.2 Å². The van der Waals surface area contributed by atoms with E-state index in [0.717, 1.165) is 16.9 Å². The second kappa shape index (κ2) is 9.56. The highest BCUT2D eigenvalue weighted by Crippen LogP contribution is 2.41. The lowest BCUT2D eigenvalue weighted by molar-refractivity contribution is -0.116. The molecule has 0 amide bonds. The molecule has 0 aliphatic carbocycles. The van der Waals surface area contributed by atoms with Crippen molar-refractivity contribution in [3.8, 4) is 5.75 Å². The number of hydrogen-bond acceptors (Lipinski definition) is 3. The average molecular weight is 436 g/mol. The molecule has 165 valence electrons. The summed E-state index contributed by atoms with van der Waals surface area (Å²) in [7, 11) is -0.980. The molecule has 1 radical (unpaired) electrons. The van der Waals surface area contributed by atoms with Gasteiger partial charge < -0.3 is 14.3 Å². The molecule has 0 saturated carbocycles. The van der Waals surface area contributed by atoms with E-state index in [9.17, 15) is 5.11 Å². The third-order valence-corrected chi connectivity index (χ3v) is 6.37. The van der Waals surface area contributed by atoms with Crippen LogP contribution in [0.15, 0.2) is 66.7 Å². The summed E-state index contributed by atoms with van der Waals surface area (Å²) in [5.74, 6) is 0.753. The number of fused-ring (bicyclic) bond motifs is 1. The molecule has 3 rings (SSSR count). The van der Waals surface area contributed by atoms with Gasteiger partial charge in [-0.25, -0.2) is 0 Å². The molecule has 3 aromatic carbocycles. The van der Waals surface area contributed by atoms with Gasteiger partial charge in [-0.05, 0) is 65.0 Å². The van der Waals surface area contributed by atoms with Crippen LogP contribution in [-0.2, 0) is 16.6 Å². The summed E-state index contributed by atoms with van der Waals surface area (Å²) in [6, 6.07) is 22.6. The van der Waals surface area contributed by atoms with Crippen molar-refractivity contribution in [1.82, 2.24) is 0 Å². The van der Waals surface area contributed by atoms with Crippen LogP contribution in [0.4, 0.5) is 0 Å². The Bertz CT molecular complexity index is 1010. The number of rotatable bonds is 8. The van der Waals surface area contributed by atoms with Crippen LogP contribution in [0.2, 0.25) is 13.1 Å². The Hall–Kier alpha value is -2.14. The maximum absolute atomic E-state index is 11.8. The van der Waals surface area contributed by atoms with Crippen LogP contribution in [0.5, 0.6) is 5.75 Å². The quantitative estimate of drug-likeness (QED) is 0.400. The number of ether oxygens (including phenoxy) is 1. The molecule has 1 N–H and O–H groups in total. The lowest BCUT2D eigenvalue weighted by Crippen LogP contribution is -2.50. The first-order valence-corrected chi connectivity index (χ1v) is 13.4. The van der Waals surface area contributed by atoms with E-state index in [1.165, 1.54) is 10.8 Å². The van der Waals surface area contributed by atoms with Crippen LogP contribution < -0.4 is 4.74 Å². The number of benzene rings is 3. The number of hydrogen-bond donors (Lipinski definition) is 1. The van der Waals surface area contributed by atoms with Crippen molar-refractivity contribution < 1.29 is 14.3 Å². The molecule has 2 atom stereocenters. The second-order valence-electron chi connectivity index (χ2n) is 9.55. The van der Waals surface area contributed by atoms with E-state index in [1.54, 1.807) is 0 Å². The minimum atomic E-state index is -1.08. The standard InChI is InChI=1S/C27H35O3Si/c1-7-27(28,25(26(2,3)4)30-31(5)6)23-13-10-14-24(18-23)29-19-20-15-16-21-11-8-9-12-22(21)17-20/h8-18,25,28H,7,19H2,1-6H3. The van der Waals surface area contributed by atoms with Crippen LogP contribution in [0.25, 0.3) is 10.8 Å². The molecule has 0 aliphatic rings. The normalized spacial score (nSPS) is 15.1. The molecule has 31 heavy (non-hydrogen) atoms. The van der Waals surface area contributed by atoms with Gasteiger partial charge in [0, 0.05) is 0 Å². The van der Waals surface area contributed by atoms with Crippen LogP contribution >= 0.6 is 0 Å². The minimum absolute atomic E-state index is 0.200. The van der Waals surface area contributed by atoms with Crippen LogP contribution in [0.3, 0.4) is 0 Å². The van der Waals surface area contributed by atoms with Crippen molar-refractivity contribution in [2.75, 3.05) is 0 Å². The van der Waals surface area contributed by atoms with Crippen molar-refractivity contribution in [2.24, 2.45) is 5.41 Å². The van der Waals surface area contributed by atoms with E-state index in [4.69, 9.17) is 9.16 Å². The Kier molecular flexibility index (Phi) is 7.25. The van der Waals surface area contributed by atoms with E-state index < -0.39 is 14.6 Å². The van der Waals surface area contributed by atoms with E-state index in [0.29, 0.717) is 13.0 Å². The summed E-state index contributed by atoms with van der Waals surface area (Å²) in [5.41, 5.74) is 0.682. The third-order valence-electron chi connectivity index (χ3n) is 5.67. The zero-order valence-corrected chi connectivity index (χ0v) is 20.6. The molecule has 4 heteroatoms. The molecule has 0 aromatic heterocycles. The summed E-state index contributed by atoms with van der Waals surface area (Å²) in [6.45, 7) is 13.1. The molecule has 0 aliphatic heterocycles. The highest BCUT2D eigenvalue weighted by molar-refractivity contribution is 6.48. The van der Waals surface area contributed by atoms with E-state index in [-0.39, 0.29) is 11.5 Å². The highest BCUT2D eigenvalue weighted by Gasteiger charge is 2.45.